The van der Waals surface area contributed by atoms with Crippen LogP contribution in [-0.4, -0.2) is 47.6 Å². The second-order valence-electron chi connectivity index (χ2n) is 7.72. The third-order valence-corrected chi connectivity index (χ3v) is 5.82. The summed E-state index contributed by atoms with van der Waals surface area (Å²) in [4.78, 5) is 0. The van der Waals surface area contributed by atoms with Crippen molar-refractivity contribution >= 4 is 0 Å². The zero-order chi connectivity index (χ0) is 16.5. The lowest BCUT2D eigenvalue weighted by Crippen LogP contribution is -2.49. The van der Waals surface area contributed by atoms with E-state index in [0.717, 1.165) is 29.9 Å². The first-order valence-corrected chi connectivity index (χ1v) is 8.72. The molecule has 5 rings (SSSR count). The molecule has 6 nitrogen and oxygen atoms in total. The van der Waals surface area contributed by atoms with Crippen molar-refractivity contribution in [3.05, 3.63) is 23.8 Å². The van der Waals surface area contributed by atoms with E-state index >= 15 is 0 Å². The summed E-state index contributed by atoms with van der Waals surface area (Å²) in [6.45, 7) is 4.91. The fraction of sp³-hybridized carbons (Fsp3) is 0.667. The largest absolute Gasteiger partial charge is 0.454 e. The highest BCUT2D eigenvalue weighted by molar-refractivity contribution is 5.46. The molecule has 130 valence electrons. The van der Waals surface area contributed by atoms with Crippen LogP contribution in [0.2, 0.25) is 0 Å². The fourth-order valence-electron chi connectivity index (χ4n) is 4.95. The minimum Gasteiger partial charge on any atom is -0.454 e. The maximum atomic E-state index is 10.5. The Morgan fingerprint density at radius 2 is 2.00 bits per heavy atom. The summed E-state index contributed by atoms with van der Waals surface area (Å²) >= 11 is 0. The summed E-state index contributed by atoms with van der Waals surface area (Å²) in [7, 11) is 0. The van der Waals surface area contributed by atoms with Crippen molar-refractivity contribution in [1.29, 1.82) is 0 Å². The van der Waals surface area contributed by atoms with Gasteiger partial charge in [-0.3, -0.25) is 0 Å². The molecule has 1 aromatic carbocycles. The number of fused-ring (bicyclic) bond motifs is 3. The number of rotatable bonds is 1. The van der Waals surface area contributed by atoms with E-state index in [4.69, 9.17) is 18.9 Å². The SMILES string of the molecule is CC1(C)O[C@@H]2[C@H](c3ccc4c(c3)OCO4)[C@@H]3[C@@H](CCN3O)C[C@@H]2O1. The summed E-state index contributed by atoms with van der Waals surface area (Å²) in [6.07, 6.45) is 1.95. The molecule has 2 saturated heterocycles. The van der Waals surface area contributed by atoms with E-state index < -0.39 is 5.79 Å². The normalized spacial score (nSPS) is 39.7. The van der Waals surface area contributed by atoms with E-state index in [-0.39, 0.29) is 31.0 Å². The monoisotopic (exact) mass is 333 g/mol. The van der Waals surface area contributed by atoms with Crippen molar-refractivity contribution < 1.29 is 24.2 Å². The molecule has 1 N–H and O–H groups in total. The van der Waals surface area contributed by atoms with E-state index in [2.05, 4.69) is 6.07 Å². The van der Waals surface area contributed by atoms with Gasteiger partial charge in [-0.05, 0) is 50.3 Å². The average molecular weight is 333 g/mol. The standard InChI is InChI=1S/C18H23NO5/c1-18(2)23-14-8-11-5-6-19(20)16(11)15(17(14)24-18)10-3-4-12-13(7-10)22-9-21-12/h3-4,7,11,14-17,20H,5-6,8-9H2,1-2H3/t11-,14-,15+,16-,17-/m0/s1. The van der Waals surface area contributed by atoms with Crippen LogP contribution in [0.25, 0.3) is 0 Å². The summed E-state index contributed by atoms with van der Waals surface area (Å²) in [6, 6.07) is 6.11. The molecule has 0 radical (unpaired) electrons. The Morgan fingerprint density at radius 1 is 1.17 bits per heavy atom. The minimum absolute atomic E-state index is 0.0533. The molecular formula is C18H23NO5. The number of benzene rings is 1. The van der Waals surface area contributed by atoms with E-state index in [1.807, 2.05) is 26.0 Å². The first-order chi connectivity index (χ1) is 11.5. The van der Waals surface area contributed by atoms with Crippen LogP contribution in [0.1, 0.15) is 38.2 Å². The van der Waals surface area contributed by atoms with Gasteiger partial charge in [0.25, 0.3) is 0 Å². The van der Waals surface area contributed by atoms with Crippen molar-refractivity contribution in [3.63, 3.8) is 0 Å². The van der Waals surface area contributed by atoms with Gasteiger partial charge in [-0.2, -0.15) is 5.06 Å². The summed E-state index contributed by atoms with van der Waals surface area (Å²) in [5.41, 5.74) is 1.12. The third kappa shape index (κ3) is 2.17. The maximum Gasteiger partial charge on any atom is 0.231 e. The molecule has 1 saturated carbocycles. The van der Waals surface area contributed by atoms with Gasteiger partial charge >= 0.3 is 0 Å². The second kappa shape index (κ2) is 5.08. The first kappa shape index (κ1) is 15.0. The highest BCUT2D eigenvalue weighted by atomic mass is 16.8. The van der Waals surface area contributed by atoms with Crippen LogP contribution in [0.15, 0.2) is 18.2 Å². The average Bonchev–Trinajstić information content (AvgIpc) is 3.21. The van der Waals surface area contributed by atoms with Gasteiger partial charge in [0.1, 0.15) is 0 Å². The zero-order valence-electron chi connectivity index (χ0n) is 14.0. The van der Waals surface area contributed by atoms with Crippen LogP contribution in [0.5, 0.6) is 11.5 Å². The molecule has 24 heavy (non-hydrogen) atoms. The Balaban J connectivity index is 1.57. The van der Waals surface area contributed by atoms with Crippen LogP contribution in [0, 0.1) is 5.92 Å². The van der Waals surface area contributed by atoms with E-state index in [1.54, 1.807) is 0 Å². The van der Waals surface area contributed by atoms with Gasteiger partial charge in [0.2, 0.25) is 6.79 Å². The Morgan fingerprint density at radius 3 is 2.88 bits per heavy atom. The Bertz CT molecular complexity index is 663. The van der Waals surface area contributed by atoms with Crippen molar-refractivity contribution in [2.45, 2.75) is 56.6 Å². The van der Waals surface area contributed by atoms with Crippen molar-refractivity contribution in [2.24, 2.45) is 5.92 Å². The summed E-state index contributed by atoms with van der Waals surface area (Å²) in [5, 5.41) is 12.0. The van der Waals surface area contributed by atoms with Crippen LogP contribution < -0.4 is 9.47 Å². The number of ether oxygens (including phenoxy) is 4. The summed E-state index contributed by atoms with van der Waals surface area (Å²) in [5.74, 6) is 1.44. The summed E-state index contributed by atoms with van der Waals surface area (Å²) < 4.78 is 23.4. The molecule has 0 bridgehead atoms. The van der Waals surface area contributed by atoms with Crippen LogP contribution in [0.3, 0.4) is 0 Å². The lowest BCUT2D eigenvalue weighted by Gasteiger charge is -2.41. The van der Waals surface area contributed by atoms with Gasteiger partial charge in [-0.1, -0.05) is 6.07 Å². The molecule has 3 aliphatic heterocycles. The molecule has 1 aliphatic carbocycles. The van der Waals surface area contributed by atoms with Crippen molar-refractivity contribution in [2.75, 3.05) is 13.3 Å². The molecule has 0 aromatic heterocycles. The predicted molar refractivity (Wildman–Crippen MR) is 84.1 cm³/mol. The second-order valence-corrected chi connectivity index (χ2v) is 7.72. The molecule has 0 amide bonds. The van der Waals surface area contributed by atoms with Crippen LogP contribution in [0.4, 0.5) is 0 Å². The fourth-order valence-corrected chi connectivity index (χ4v) is 4.95. The Labute approximate surface area is 141 Å². The molecule has 3 fully saturated rings. The smallest absolute Gasteiger partial charge is 0.231 e. The highest BCUT2D eigenvalue weighted by Crippen LogP contribution is 2.51. The van der Waals surface area contributed by atoms with Gasteiger partial charge in [0, 0.05) is 18.5 Å². The molecule has 1 aromatic rings. The molecule has 6 heteroatoms. The van der Waals surface area contributed by atoms with Gasteiger partial charge in [-0.25, -0.2) is 0 Å². The number of hydroxylamine groups is 2. The first-order valence-electron chi connectivity index (χ1n) is 8.72. The van der Waals surface area contributed by atoms with E-state index in [0.29, 0.717) is 12.5 Å². The van der Waals surface area contributed by atoms with Gasteiger partial charge in [-0.15, -0.1) is 0 Å². The van der Waals surface area contributed by atoms with Crippen molar-refractivity contribution in [1.82, 2.24) is 5.06 Å². The molecular weight excluding hydrogens is 310 g/mol. The predicted octanol–water partition coefficient (Wildman–Crippen LogP) is 2.50. The lowest BCUT2D eigenvalue weighted by molar-refractivity contribution is -0.154. The molecule has 0 spiro atoms. The number of hydrogen-bond donors (Lipinski definition) is 1. The lowest BCUT2D eigenvalue weighted by atomic mass is 9.71. The highest BCUT2D eigenvalue weighted by Gasteiger charge is 2.56. The van der Waals surface area contributed by atoms with Crippen LogP contribution in [-0.2, 0) is 9.47 Å². The third-order valence-electron chi connectivity index (χ3n) is 5.82. The van der Waals surface area contributed by atoms with Crippen LogP contribution >= 0.6 is 0 Å². The number of nitrogens with zero attached hydrogens (tertiary/aromatic N) is 1. The Kier molecular flexibility index (Phi) is 3.17. The number of hydrogen-bond acceptors (Lipinski definition) is 6. The van der Waals surface area contributed by atoms with Gasteiger partial charge in [0.05, 0.1) is 12.2 Å². The molecule has 3 heterocycles. The quantitative estimate of drug-likeness (QED) is 0.852. The van der Waals surface area contributed by atoms with Gasteiger partial charge < -0.3 is 24.2 Å². The minimum atomic E-state index is -0.581. The molecule has 0 unspecified atom stereocenters. The van der Waals surface area contributed by atoms with E-state index in [9.17, 15) is 5.21 Å². The van der Waals surface area contributed by atoms with E-state index in [1.165, 1.54) is 5.06 Å². The van der Waals surface area contributed by atoms with Gasteiger partial charge in [0.15, 0.2) is 17.3 Å². The zero-order valence-corrected chi connectivity index (χ0v) is 14.0. The Hall–Kier alpha value is -1.34. The topological polar surface area (TPSA) is 60.4 Å². The maximum absolute atomic E-state index is 10.5. The molecule has 4 aliphatic rings. The molecule has 5 atom stereocenters. The van der Waals surface area contributed by atoms with Crippen molar-refractivity contribution in [3.8, 4) is 11.5 Å².